The maximum atomic E-state index is 13.1. The Bertz CT molecular complexity index is 965. The fourth-order valence-corrected chi connectivity index (χ4v) is 4.88. The fourth-order valence-electron chi connectivity index (χ4n) is 3.29. The largest absolute Gasteiger partial charge is 0.497 e. The summed E-state index contributed by atoms with van der Waals surface area (Å²) in [6.07, 6.45) is 0. The van der Waals surface area contributed by atoms with E-state index in [1.807, 2.05) is 36.1 Å². The number of hydrogen-bond donors (Lipinski definition) is 0. The van der Waals surface area contributed by atoms with E-state index in [1.54, 1.807) is 12.1 Å². The summed E-state index contributed by atoms with van der Waals surface area (Å²) in [6.45, 7) is 3.85. The summed E-state index contributed by atoms with van der Waals surface area (Å²) in [6, 6.07) is 12.2. The summed E-state index contributed by atoms with van der Waals surface area (Å²) in [5.74, 6) is 0.769. The number of nitrogens with zero attached hydrogens (tertiary/aromatic N) is 2. The predicted octanol–water partition coefficient (Wildman–Crippen LogP) is 2.20. The van der Waals surface area contributed by atoms with Crippen LogP contribution in [0.2, 0.25) is 0 Å². The van der Waals surface area contributed by atoms with Gasteiger partial charge in [-0.15, -0.1) is 0 Å². The normalized spacial score (nSPS) is 15.8. The molecule has 29 heavy (non-hydrogen) atoms. The van der Waals surface area contributed by atoms with Crippen LogP contribution >= 0.6 is 0 Å². The molecule has 0 N–H and O–H groups in total. The maximum absolute atomic E-state index is 13.1. The predicted molar refractivity (Wildman–Crippen MR) is 110 cm³/mol. The minimum absolute atomic E-state index is 0.0378. The number of sulfonamides is 1. The number of carbonyl (C=O) groups is 1. The van der Waals surface area contributed by atoms with Crippen molar-refractivity contribution < 1.29 is 22.7 Å². The van der Waals surface area contributed by atoms with Crippen molar-refractivity contribution in [2.75, 3.05) is 46.9 Å². The number of ketones is 1. The molecular formula is C21H26N2O5S. The molecule has 1 saturated heterocycles. The SMILES string of the molecule is COc1ccc(OC)c(S(=O)(=O)N2CCN(CC(=O)c3ccc(C)cc3)CC2)c1. The lowest BCUT2D eigenvalue weighted by Crippen LogP contribution is -2.49. The first-order valence-corrected chi connectivity index (χ1v) is 10.8. The van der Waals surface area contributed by atoms with E-state index in [4.69, 9.17) is 9.47 Å². The summed E-state index contributed by atoms with van der Waals surface area (Å²) < 4.78 is 38.1. The van der Waals surface area contributed by atoms with Crippen LogP contribution in [0.5, 0.6) is 11.5 Å². The highest BCUT2D eigenvalue weighted by Gasteiger charge is 2.31. The molecule has 0 saturated carbocycles. The van der Waals surface area contributed by atoms with Crippen molar-refractivity contribution in [3.63, 3.8) is 0 Å². The molecule has 2 aromatic carbocycles. The van der Waals surface area contributed by atoms with Gasteiger partial charge in [-0.2, -0.15) is 4.31 Å². The van der Waals surface area contributed by atoms with Gasteiger partial charge in [0.15, 0.2) is 5.78 Å². The number of hydrogen-bond acceptors (Lipinski definition) is 6. The molecule has 1 fully saturated rings. The number of piperazine rings is 1. The summed E-state index contributed by atoms with van der Waals surface area (Å²) in [5, 5.41) is 0. The van der Waals surface area contributed by atoms with E-state index >= 15 is 0 Å². The molecular weight excluding hydrogens is 392 g/mol. The zero-order valence-corrected chi connectivity index (χ0v) is 17.7. The third-order valence-electron chi connectivity index (χ3n) is 5.06. The molecule has 0 spiro atoms. The fraction of sp³-hybridized carbons (Fsp3) is 0.381. The van der Waals surface area contributed by atoms with Crippen LogP contribution < -0.4 is 9.47 Å². The lowest BCUT2D eigenvalue weighted by Gasteiger charge is -2.33. The van der Waals surface area contributed by atoms with Crippen molar-refractivity contribution in [3.05, 3.63) is 53.6 Å². The topological polar surface area (TPSA) is 76.2 Å². The van der Waals surface area contributed by atoms with Gasteiger partial charge in [0.1, 0.15) is 16.4 Å². The van der Waals surface area contributed by atoms with Crippen molar-refractivity contribution >= 4 is 15.8 Å². The zero-order valence-electron chi connectivity index (χ0n) is 16.9. The van der Waals surface area contributed by atoms with E-state index in [9.17, 15) is 13.2 Å². The van der Waals surface area contributed by atoms with Gasteiger partial charge in [0, 0.05) is 37.8 Å². The van der Waals surface area contributed by atoms with Crippen molar-refractivity contribution in [3.8, 4) is 11.5 Å². The quantitative estimate of drug-likeness (QED) is 0.642. The van der Waals surface area contributed by atoms with Gasteiger partial charge < -0.3 is 9.47 Å². The second-order valence-electron chi connectivity index (χ2n) is 6.99. The van der Waals surface area contributed by atoms with E-state index in [-0.39, 0.29) is 23.0 Å². The van der Waals surface area contributed by atoms with Crippen molar-refractivity contribution in [1.29, 1.82) is 0 Å². The molecule has 0 radical (unpaired) electrons. The number of Topliss-reactive ketones (excluding diaryl/α,β-unsaturated/α-hetero) is 1. The molecule has 0 aromatic heterocycles. The average Bonchev–Trinajstić information content (AvgIpc) is 2.74. The third-order valence-corrected chi connectivity index (χ3v) is 6.98. The van der Waals surface area contributed by atoms with E-state index in [2.05, 4.69) is 0 Å². The van der Waals surface area contributed by atoms with E-state index in [1.165, 1.54) is 24.6 Å². The zero-order chi connectivity index (χ0) is 21.0. The monoisotopic (exact) mass is 418 g/mol. The minimum atomic E-state index is -3.73. The molecule has 0 amide bonds. The number of aryl methyl sites for hydroxylation is 1. The maximum Gasteiger partial charge on any atom is 0.246 e. The van der Waals surface area contributed by atoms with Gasteiger partial charge in [0.2, 0.25) is 10.0 Å². The molecule has 8 heteroatoms. The second kappa shape index (κ2) is 8.94. The van der Waals surface area contributed by atoms with Crippen LogP contribution in [0.15, 0.2) is 47.4 Å². The number of carbonyl (C=O) groups excluding carboxylic acids is 1. The van der Waals surface area contributed by atoms with Gasteiger partial charge in [-0.25, -0.2) is 8.42 Å². The Morgan fingerprint density at radius 1 is 0.966 bits per heavy atom. The molecule has 0 bridgehead atoms. The van der Waals surface area contributed by atoms with Gasteiger partial charge in [0.05, 0.1) is 20.8 Å². The second-order valence-corrected chi connectivity index (χ2v) is 8.89. The first-order valence-electron chi connectivity index (χ1n) is 9.39. The molecule has 0 atom stereocenters. The highest BCUT2D eigenvalue weighted by atomic mass is 32.2. The molecule has 1 aliphatic rings. The Balaban J connectivity index is 1.67. The van der Waals surface area contributed by atoms with Crippen molar-refractivity contribution in [2.45, 2.75) is 11.8 Å². The van der Waals surface area contributed by atoms with Gasteiger partial charge in [-0.05, 0) is 19.1 Å². The van der Waals surface area contributed by atoms with Gasteiger partial charge >= 0.3 is 0 Å². The first-order chi connectivity index (χ1) is 13.8. The summed E-state index contributed by atoms with van der Waals surface area (Å²) >= 11 is 0. The van der Waals surface area contributed by atoms with Crippen LogP contribution in [-0.4, -0.2) is 70.3 Å². The Kier molecular flexibility index (Phi) is 6.56. The molecule has 1 aliphatic heterocycles. The molecule has 2 aromatic rings. The number of methoxy groups -OCH3 is 2. The molecule has 156 valence electrons. The molecule has 0 unspecified atom stereocenters. The number of rotatable bonds is 7. The van der Waals surface area contributed by atoms with E-state index in [0.29, 0.717) is 37.5 Å². The average molecular weight is 419 g/mol. The van der Waals surface area contributed by atoms with Gasteiger partial charge in [0.25, 0.3) is 0 Å². The lowest BCUT2D eigenvalue weighted by molar-refractivity contribution is 0.0901. The summed E-state index contributed by atoms with van der Waals surface area (Å²) in [4.78, 5) is 14.5. The van der Waals surface area contributed by atoms with Crippen LogP contribution in [0.4, 0.5) is 0 Å². The standard InChI is InChI=1S/C21H26N2O5S/c1-16-4-6-17(7-5-16)19(24)15-22-10-12-23(13-11-22)29(25,26)21-14-18(27-2)8-9-20(21)28-3/h4-9,14H,10-13,15H2,1-3H3. The highest BCUT2D eigenvalue weighted by molar-refractivity contribution is 7.89. The Labute approximate surface area is 171 Å². The van der Waals surface area contributed by atoms with Crippen molar-refractivity contribution in [2.24, 2.45) is 0 Å². The number of ether oxygens (including phenoxy) is 2. The van der Waals surface area contributed by atoms with Crippen LogP contribution in [0.25, 0.3) is 0 Å². The van der Waals surface area contributed by atoms with E-state index < -0.39 is 10.0 Å². The molecule has 1 heterocycles. The van der Waals surface area contributed by atoms with E-state index in [0.717, 1.165) is 5.56 Å². The minimum Gasteiger partial charge on any atom is -0.497 e. The lowest BCUT2D eigenvalue weighted by atomic mass is 10.1. The Morgan fingerprint density at radius 3 is 2.21 bits per heavy atom. The molecule has 7 nitrogen and oxygen atoms in total. The first kappa shape index (κ1) is 21.3. The highest BCUT2D eigenvalue weighted by Crippen LogP contribution is 2.31. The van der Waals surface area contributed by atoms with Crippen LogP contribution in [0.3, 0.4) is 0 Å². The third kappa shape index (κ3) is 4.77. The smallest absolute Gasteiger partial charge is 0.246 e. The molecule has 0 aliphatic carbocycles. The number of benzene rings is 2. The molecule has 3 rings (SSSR count). The van der Waals surface area contributed by atoms with Gasteiger partial charge in [-0.1, -0.05) is 29.8 Å². The van der Waals surface area contributed by atoms with Crippen LogP contribution in [0, 0.1) is 6.92 Å². The van der Waals surface area contributed by atoms with Gasteiger partial charge in [-0.3, -0.25) is 9.69 Å². The Morgan fingerprint density at radius 2 is 1.62 bits per heavy atom. The van der Waals surface area contributed by atoms with Crippen molar-refractivity contribution in [1.82, 2.24) is 9.21 Å². The Hall–Kier alpha value is -2.42. The summed E-state index contributed by atoms with van der Waals surface area (Å²) in [7, 11) is -0.801. The summed E-state index contributed by atoms with van der Waals surface area (Å²) in [5.41, 5.74) is 1.78. The van der Waals surface area contributed by atoms with Crippen LogP contribution in [-0.2, 0) is 10.0 Å². The van der Waals surface area contributed by atoms with Crippen LogP contribution in [0.1, 0.15) is 15.9 Å².